The highest BCUT2D eigenvalue weighted by atomic mass is 19.1. The molecule has 0 fully saturated rings. The number of carbonyl (C=O) groups excluding carboxylic acids is 1. The van der Waals surface area contributed by atoms with Crippen LogP contribution in [0.15, 0.2) is 36.5 Å². The largest absolute Gasteiger partial charge is 0.393 e. The van der Waals surface area contributed by atoms with E-state index in [0.717, 1.165) is 11.0 Å². The summed E-state index contributed by atoms with van der Waals surface area (Å²) < 4.78 is 13.4. The molecule has 2 aromatic rings. The minimum Gasteiger partial charge on any atom is -0.393 e. The van der Waals surface area contributed by atoms with Crippen molar-refractivity contribution < 1.29 is 14.1 Å². The topological polar surface area (TPSA) is 102 Å². The van der Waals surface area contributed by atoms with Gasteiger partial charge in [-0.2, -0.15) is 0 Å². The summed E-state index contributed by atoms with van der Waals surface area (Å²) in [5.41, 5.74) is 4.29. The van der Waals surface area contributed by atoms with Gasteiger partial charge in [0, 0.05) is 13.2 Å². The van der Waals surface area contributed by atoms with Gasteiger partial charge in [-0.25, -0.2) is 9.37 Å². The summed E-state index contributed by atoms with van der Waals surface area (Å²) in [6.45, 7) is 0. The number of nitrogens with zero attached hydrogens (tertiary/aromatic N) is 3. The zero-order valence-corrected chi connectivity index (χ0v) is 11.0. The Morgan fingerprint density at radius 2 is 2.14 bits per heavy atom. The molecule has 21 heavy (non-hydrogen) atoms. The molecule has 2 rings (SSSR count). The SMILES string of the molecule is CN(C(=O)c1cc(F)cc([N+](=O)[O-])c1N)c1ccccn1. The number of hydrogen-bond donors (Lipinski definition) is 1. The van der Waals surface area contributed by atoms with Crippen LogP contribution in [0.4, 0.5) is 21.6 Å². The van der Waals surface area contributed by atoms with Gasteiger partial charge in [-0.1, -0.05) is 6.07 Å². The van der Waals surface area contributed by atoms with Gasteiger partial charge in [0.25, 0.3) is 11.6 Å². The number of aromatic nitrogens is 1. The fraction of sp³-hybridized carbons (Fsp3) is 0.0769. The zero-order valence-electron chi connectivity index (χ0n) is 11.0. The fourth-order valence-corrected chi connectivity index (χ4v) is 1.77. The summed E-state index contributed by atoms with van der Waals surface area (Å²) >= 11 is 0. The van der Waals surface area contributed by atoms with E-state index in [2.05, 4.69) is 4.98 Å². The molecule has 0 saturated carbocycles. The highest BCUT2D eigenvalue weighted by molar-refractivity contribution is 6.09. The first-order chi connectivity index (χ1) is 9.91. The third-order valence-corrected chi connectivity index (χ3v) is 2.85. The lowest BCUT2D eigenvalue weighted by molar-refractivity contribution is -0.384. The van der Waals surface area contributed by atoms with Crippen LogP contribution in [0.3, 0.4) is 0 Å². The molecule has 2 N–H and O–H groups in total. The number of carbonyl (C=O) groups is 1. The second kappa shape index (κ2) is 5.53. The van der Waals surface area contributed by atoms with Gasteiger partial charge < -0.3 is 5.73 Å². The number of rotatable bonds is 3. The second-order valence-electron chi connectivity index (χ2n) is 4.20. The third kappa shape index (κ3) is 2.78. The molecule has 0 aliphatic rings. The molecule has 108 valence electrons. The lowest BCUT2D eigenvalue weighted by Gasteiger charge is -2.17. The van der Waals surface area contributed by atoms with Crippen LogP contribution >= 0.6 is 0 Å². The van der Waals surface area contributed by atoms with Crippen LogP contribution in [-0.2, 0) is 0 Å². The smallest absolute Gasteiger partial charge is 0.295 e. The lowest BCUT2D eigenvalue weighted by atomic mass is 10.1. The first kappa shape index (κ1) is 14.4. The van der Waals surface area contributed by atoms with Crippen molar-refractivity contribution in [1.82, 2.24) is 4.98 Å². The van der Waals surface area contributed by atoms with E-state index in [0.29, 0.717) is 11.9 Å². The standard InChI is InChI=1S/C13H11FN4O3/c1-17(11-4-2-3-5-16-11)13(19)9-6-8(14)7-10(12(9)15)18(20)21/h2-7H,15H2,1H3. The number of halogens is 1. The number of anilines is 2. The van der Waals surface area contributed by atoms with Crippen molar-refractivity contribution in [3.63, 3.8) is 0 Å². The highest BCUT2D eigenvalue weighted by Gasteiger charge is 2.24. The van der Waals surface area contributed by atoms with Crippen LogP contribution in [0.25, 0.3) is 0 Å². The lowest BCUT2D eigenvalue weighted by Crippen LogP contribution is -2.28. The molecule has 0 aliphatic carbocycles. The van der Waals surface area contributed by atoms with E-state index < -0.39 is 22.3 Å². The molecule has 1 aromatic heterocycles. The molecule has 0 radical (unpaired) electrons. The molecular weight excluding hydrogens is 279 g/mol. The average molecular weight is 290 g/mol. The Kier molecular flexibility index (Phi) is 3.79. The average Bonchev–Trinajstić information content (AvgIpc) is 2.48. The van der Waals surface area contributed by atoms with Crippen molar-refractivity contribution in [2.45, 2.75) is 0 Å². The van der Waals surface area contributed by atoms with E-state index in [1.807, 2.05) is 0 Å². The maximum Gasteiger partial charge on any atom is 0.295 e. The molecule has 7 nitrogen and oxygen atoms in total. The Morgan fingerprint density at radius 3 is 2.71 bits per heavy atom. The third-order valence-electron chi connectivity index (χ3n) is 2.85. The predicted octanol–water partition coefficient (Wildman–Crippen LogP) is 1.99. The molecule has 0 bridgehead atoms. The Labute approximate surface area is 119 Å². The van der Waals surface area contributed by atoms with Crippen molar-refractivity contribution in [1.29, 1.82) is 0 Å². The number of nitrogen functional groups attached to an aromatic ring is 1. The molecule has 0 atom stereocenters. The maximum atomic E-state index is 13.4. The van der Waals surface area contributed by atoms with Crippen LogP contribution < -0.4 is 10.6 Å². The van der Waals surface area contributed by atoms with Crippen molar-refractivity contribution in [2.75, 3.05) is 17.7 Å². The highest BCUT2D eigenvalue weighted by Crippen LogP contribution is 2.28. The molecule has 0 aliphatic heterocycles. The van der Waals surface area contributed by atoms with Gasteiger partial charge in [-0.3, -0.25) is 19.8 Å². The normalized spacial score (nSPS) is 10.2. The van der Waals surface area contributed by atoms with Crippen LogP contribution in [0.5, 0.6) is 0 Å². The number of pyridine rings is 1. The predicted molar refractivity (Wildman–Crippen MR) is 74.4 cm³/mol. The van der Waals surface area contributed by atoms with Crippen LogP contribution in [0.2, 0.25) is 0 Å². The number of benzene rings is 1. The van der Waals surface area contributed by atoms with Gasteiger partial charge >= 0.3 is 0 Å². The van der Waals surface area contributed by atoms with Gasteiger partial charge in [-0.05, 0) is 18.2 Å². The summed E-state index contributed by atoms with van der Waals surface area (Å²) in [6, 6.07) is 6.45. The minimum absolute atomic E-state index is 0.283. The Hall–Kier alpha value is -3.03. The van der Waals surface area contributed by atoms with Gasteiger partial charge in [0.15, 0.2) is 0 Å². The van der Waals surface area contributed by atoms with E-state index in [-0.39, 0.29) is 11.3 Å². The van der Waals surface area contributed by atoms with Crippen molar-refractivity contribution in [3.05, 3.63) is 58.0 Å². The van der Waals surface area contributed by atoms with Crippen LogP contribution in [-0.4, -0.2) is 22.9 Å². The minimum atomic E-state index is -0.909. The summed E-state index contributed by atoms with van der Waals surface area (Å²) in [6.07, 6.45) is 1.48. The summed E-state index contributed by atoms with van der Waals surface area (Å²) in [4.78, 5) is 27.4. The van der Waals surface area contributed by atoms with E-state index in [1.165, 1.54) is 13.2 Å². The number of nitrogens with two attached hydrogens (primary N) is 1. The summed E-state index contributed by atoms with van der Waals surface area (Å²) in [7, 11) is 1.42. The van der Waals surface area contributed by atoms with Gasteiger partial charge in [0.1, 0.15) is 17.3 Å². The molecule has 1 amide bonds. The number of amides is 1. The molecule has 0 unspecified atom stereocenters. The van der Waals surface area contributed by atoms with Gasteiger partial charge in [0.2, 0.25) is 0 Å². The maximum absolute atomic E-state index is 13.4. The molecule has 1 heterocycles. The summed E-state index contributed by atoms with van der Waals surface area (Å²) in [5.74, 6) is -1.28. The van der Waals surface area contributed by atoms with E-state index in [1.54, 1.807) is 18.2 Å². The van der Waals surface area contributed by atoms with Gasteiger partial charge in [0.05, 0.1) is 16.6 Å². The first-order valence-corrected chi connectivity index (χ1v) is 5.84. The van der Waals surface area contributed by atoms with Gasteiger partial charge in [-0.15, -0.1) is 0 Å². The second-order valence-corrected chi connectivity index (χ2v) is 4.20. The van der Waals surface area contributed by atoms with Crippen molar-refractivity contribution in [2.24, 2.45) is 0 Å². The summed E-state index contributed by atoms with van der Waals surface area (Å²) in [5, 5.41) is 10.8. The molecule has 8 heteroatoms. The Morgan fingerprint density at radius 1 is 1.43 bits per heavy atom. The molecule has 0 saturated heterocycles. The van der Waals surface area contributed by atoms with E-state index >= 15 is 0 Å². The molecule has 0 spiro atoms. The van der Waals surface area contributed by atoms with Crippen molar-refractivity contribution >= 4 is 23.1 Å². The monoisotopic (exact) mass is 290 g/mol. The number of nitro groups is 1. The number of hydrogen-bond acceptors (Lipinski definition) is 5. The first-order valence-electron chi connectivity index (χ1n) is 5.84. The fourth-order valence-electron chi connectivity index (χ4n) is 1.77. The van der Waals surface area contributed by atoms with Crippen molar-refractivity contribution in [3.8, 4) is 0 Å². The van der Waals surface area contributed by atoms with E-state index in [4.69, 9.17) is 5.73 Å². The van der Waals surface area contributed by atoms with Crippen LogP contribution in [0.1, 0.15) is 10.4 Å². The Balaban J connectivity index is 2.47. The quantitative estimate of drug-likeness (QED) is 0.529. The van der Waals surface area contributed by atoms with E-state index in [9.17, 15) is 19.3 Å². The zero-order chi connectivity index (χ0) is 15.6. The molecule has 1 aromatic carbocycles. The van der Waals surface area contributed by atoms with Crippen LogP contribution in [0, 0.1) is 15.9 Å². The molecular formula is C13H11FN4O3. The Bertz CT molecular complexity index is 706. The number of nitro benzene ring substituents is 1.